The number of amides is 1. The lowest BCUT2D eigenvalue weighted by Crippen LogP contribution is -2.47. The zero-order chi connectivity index (χ0) is 12.3. The molecule has 2 heterocycles. The molecule has 1 N–H and O–H groups in total. The molecule has 5 heteroatoms. The number of likely N-dealkylation sites (tertiary alicyclic amines) is 1. The number of esters is 1. The Morgan fingerprint density at radius 3 is 2.76 bits per heavy atom. The number of ether oxygens (including phenoxy) is 1. The molecule has 0 aliphatic carbocycles. The third-order valence-electron chi connectivity index (χ3n) is 3.66. The van der Waals surface area contributed by atoms with Crippen LogP contribution < -0.4 is 5.32 Å². The maximum atomic E-state index is 12.3. The Morgan fingerprint density at radius 2 is 2.12 bits per heavy atom. The molecule has 2 aliphatic rings. The minimum atomic E-state index is -0.352. The molecular weight excluding hydrogens is 220 g/mol. The Hall–Kier alpha value is -1.10. The second kappa shape index (κ2) is 5.49. The maximum absolute atomic E-state index is 12.3. The highest BCUT2D eigenvalue weighted by Gasteiger charge is 2.37. The molecular formula is C12H20N2O3. The predicted octanol–water partition coefficient (Wildman–Crippen LogP) is 0.150. The van der Waals surface area contributed by atoms with Crippen molar-refractivity contribution in [3.63, 3.8) is 0 Å². The van der Waals surface area contributed by atoms with Crippen LogP contribution in [0.25, 0.3) is 0 Å². The van der Waals surface area contributed by atoms with Gasteiger partial charge in [0, 0.05) is 13.1 Å². The van der Waals surface area contributed by atoms with Crippen molar-refractivity contribution in [2.24, 2.45) is 5.92 Å². The number of hydrogen-bond acceptors (Lipinski definition) is 4. The van der Waals surface area contributed by atoms with Crippen LogP contribution in [0.3, 0.4) is 0 Å². The van der Waals surface area contributed by atoms with Crippen LogP contribution >= 0.6 is 0 Å². The van der Waals surface area contributed by atoms with Gasteiger partial charge in [-0.05, 0) is 32.2 Å². The van der Waals surface area contributed by atoms with Gasteiger partial charge in [0.25, 0.3) is 0 Å². The first-order valence-electron chi connectivity index (χ1n) is 6.33. The summed E-state index contributed by atoms with van der Waals surface area (Å²) in [5, 5.41) is 3.23. The first-order valence-corrected chi connectivity index (χ1v) is 6.33. The lowest BCUT2D eigenvalue weighted by Gasteiger charge is -2.29. The van der Waals surface area contributed by atoms with E-state index in [1.165, 1.54) is 7.11 Å². The number of carbonyl (C=O) groups excluding carboxylic acids is 2. The number of hydrogen-bond donors (Lipinski definition) is 1. The van der Waals surface area contributed by atoms with Crippen LogP contribution in [0.15, 0.2) is 0 Å². The van der Waals surface area contributed by atoms with E-state index in [2.05, 4.69) is 5.32 Å². The maximum Gasteiger partial charge on any atom is 0.328 e. The van der Waals surface area contributed by atoms with Gasteiger partial charge in [0.1, 0.15) is 6.04 Å². The highest BCUT2D eigenvalue weighted by molar-refractivity contribution is 5.86. The van der Waals surface area contributed by atoms with Crippen LogP contribution in [0.5, 0.6) is 0 Å². The summed E-state index contributed by atoms with van der Waals surface area (Å²) < 4.78 is 4.75. The summed E-state index contributed by atoms with van der Waals surface area (Å²) >= 11 is 0. The van der Waals surface area contributed by atoms with E-state index in [4.69, 9.17) is 4.74 Å². The first-order chi connectivity index (χ1) is 8.24. The fourth-order valence-corrected chi connectivity index (χ4v) is 2.71. The van der Waals surface area contributed by atoms with Gasteiger partial charge in [-0.3, -0.25) is 4.79 Å². The van der Waals surface area contributed by atoms with E-state index < -0.39 is 0 Å². The summed E-state index contributed by atoms with van der Waals surface area (Å²) in [4.78, 5) is 25.6. The van der Waals surface area contributed by atoms with Gasteiger partial charge in [-0.15, -0.1) is 0 Å². The van der Waals surface area contributed by atoms with E-state index in [0.717, 1.165) is 38.8 Å². The number of nitrogens with zero attached hydrogens (tertiary/aromatic N) is 1. The van der Waals surface area contributed by atoms with Gasteiger partial charge >= 0.3 is 5.97 Å². The summed E-state index contributed by atoms with van der Waals surface area (Å²) in [6.07, 6.45) is 3.59. The van der Waals surface area contributed by atoms with Crippen LogP contribution in [0, 0.1) is 5.92 Å². The smallest absolute Gasteiger partial charge is 0.328 e. The number of nitrogens with one attached hydrogen (secondary N) is 1. The largest absolute Gasteiger partial charge is 0.467 e. The van der Waals surface area contributed by atoms with Crippen LogP contribution in [-0.4, -0.2) is 49.6 Å². The molecule has 0 spiro atoms. The lowest BCUT2D eigenvalue weighted by atomic mass is 9.98. The number of rotatable bonds is 2. The van der Waals surface area contributed by atoms with E-state index in [9.17, 15) is 9.59 Å². The molecule has 0 radical (unpaired) electrons. The van der Waals surface area contributed by atoms with Crippen molar-refractivity contribution in [2.75, 3.05) is 26.7 Å². The molecule has 17 heavy (non-hydrogen) atoms. The monoisotopic (exact) mass is 240 g/mol. The second-order valence-corrected chi connectivity index (χ2v) is 4.76. The van der Waals surface area contributed by atoms with Gasteiger partial charge in [-0.25, -0.2) is 4.79 Å². The number of piperidine rings is 1. The zero-order valence-electron chi connectivity index (χ0n) is 10.3. The SMILES string of the molecule is COC(=O)C1CCCN1C(=O)C1CCCNC1. The third kappa shape index (κ3) is 2.60. The molecule has 2 aliphatic heterocycles. The van der Waals surface area contributed by atoms with Crippen LogP contribution in [-0.2, 0) is 14.3 Å². The quantitative estimate of drug-likeness (QED) is 0.698. The van der Waals surface area contributed by atoms with E-state index in [0.29, 0.717) is 6.54 Å². The normalized spacial score (nSPS) is 29.1. The minimum absolute atomic E-state index is 0.0361. The molecule has 0 aromatic carbocycles. The molecule has 2 atom stereocenters. The van der Waals surface area contributed by atoms with Crippen molar-refractivity contribution in [3.8, 4) is 0 Å². The summed E-state index contributed by atoms with van der Waals surface area (Å²) in [7, 11) is 1.38. The molecule has 96 valence electrons. The van der Waals surface area contributed by atoms with E-state index in [1.807, 2.05) is 0 Å². The highest BCUT2D eigenvalue weighted by atomic mass is 16.5. The van der Waals surface area contributed by atoms with Crippen molar-refractivity contribution in [3.05, 3.63) is 0 Å². The standard InChI is InChI=1S/C12H20N2O3/c1-17-12(16)10-5-3-7-14(10)11(15)9-4-2-6-13-8-9/h9-10,13H,2-8H2,1H3. The fraction of sp³-hybridized carbons (Fsp3) is 0.833. The Kier molecular flexibility index (Phi) is 3.99. The molecule has 2 saturated heterocycles. The van der Waals surface area contributed by atoms with Gasteiger partial charge in [0.15, 0.2) is 0 Å². The van der Waals surface area contributed by atoms with E-state index >= 15 is 0 Å². The van der Waals surface area contributed by atoms with Crippen LogP contribution in [0.4, 0.5) is 0 Å². The lowest BCUT2D eigenvalue weighted by molar-refractivity contribution is -0.152. The second-order valence-electron chi connectivity index (χ2n) is 4.76. The average Bonchev–Trinajstić information content (AvgIpc) is 2.87. The molecule has 2 fully saturated rings. The molecule has 0 aromatic rings. The predicted molar refractivity (Wildman–Crippen MR) is 62.3 cm³/mol. The van der Waals surface area contributed by atoms with Gasteiger partial charge in [0.05, 0.1) is 13.0 Å². The van der Waals surface area contributed by atoms with Gasteiger partial charge in [-0.1, -0.05) is 0 Å². The number of methoxy groups -OCH3 is 1. The van der Waals surface area contributed by atoms with Gasteiger partial charge < -0.3 is 15.0 Å². The molecule has 1 amide bonds. The van der Waals surface area contributed by atoms with Gasteiger partial charge in [0.2, 0.25) is 5.91 Å². The average molecular weight is 240 g/mol. The van der Waals surface area contributed by atoms with Crippen LogP contribution in [0.1, 0.15) is 25.7 Å². The first kappa shape index (κ1) is 12.4. The van der Waals surface area contributed by atoms with Crippen molar-refractivity contribution in [2.45, 2.75) is 31.7 Å². The van der Waals surface area contributed by atoms with E-state index in [1.54, 1.807) is 4.90 Å². The fourth-order valence-electron chi connectivity index (χ4n) is 2.71. The molecule has 2 rings (SSSR count). The highest BCUT2D eigenvalue weighted by Crippen LogP contribution is 2.23. The molecule has 0 aromatic heterocycles. The number of carbonyl (C=O) groups is 2. The Morgan fingerprint density at radius 1 is 1.29 bits per heavy atom. The summed E-state index contributed by atoms with van der Waals surface area (Å²) in [5.74, 6) is -0.126. The Balaban J connectivity index is 1.99. The summed E-state index contributed by atoms with van der Waals surface area (Å²) in [5.41, 5.74) is 0. The van der Waals surface area contributed by atoms with E-state index in [-0.39, 0.29) is 23.8 Å². The topological polar surface area (TPSA) is 58.6 Å². The van der Waals surface area contributed by atoms with Crippen molar-refractivity contribution in [1.82, 2.24) is 10.2 Å². The van der Waals surface area contributed by atoms with Crippen molar-refractivity contribution in [1.29, 1.82) is 0 Å². The molecule has 5 nitrogen and oxygen atoms in total. The Labute approximate surface area is 101 Å². The molecule has 0 bridgehead atoms. The van der Waals surface area contributed by atoms with Gasteiger partial charge in [-0.2, -0.15) is 0 Å². The van der Waals surface area contributed by atoms with Crippen molar-refractivity contribution < 1.29 is 14.3 Å². The zero-order valence-corrected chi connectivity index (χ0v) is 10.3. The van der Waals surface area contributed by atoms with Crippen molar-refractivity contribution >= 4 is 11.9 Å². The van der Waals surface area contributed by atoms with Crippen LogP contribution in [0.2, 0.25) is 0 Å². The Bertz CT molecular complexity index is 300. The minimum Gasteiger partial charge on any atom is -0.467 e. The molecule has 2 unspecified atom stereocenters. The third-order valence-corrected chi connectivity index (χ3v) is 3.66. The molecule has 0 saturated carbocycles. The summed E-state index contributed by atoms with van der Waals surface area (Å²) in [6.45, 7) is 2.42. The summed E-state index contributed by atoms with van der Waals surface area (Å²) in [6, 6.07) is -0.352.